The third-order valence-corrected chi connectivity index (χ3v) is 2.38. The van der Waals surface area contributed by atoms with Gasteiger partial charge in [0.15, 0.2) is 0 Å². The third kappa shape index (κ3) is 6.32. The first kappa shape index (κ1) is 15.6. The van der Waals surface area contributed by atoms with Gasteiger partial charge in [-0.3, -0.25) is 0 Å². The Morgan fingerprint density at radius 3 is 2.74 bits per heavy atom. The van der Waals surface area contributed by atoms with Crippen LogP contribution in [0.25, 0.3) is 0 Å². The lowest BCUT2D eigenvalue weighted by molar-refractivity contribution is -0.173. The number of hydrogen-bond acceptors (Lipinski definition) is 3. The average molecular weight is 293 g/mol. The van der Waals surface area contributed by atoms with Crippen molar-refractivity contribution in [3.05, 3.63) is 28.8 Å². The zero-order valence-electron chi connectivity index (χ0n) is 9.93. The number of alkyl halides is 3. The Bertz CT molecular complexity index is 457. The summed E-state index contributed by atoms with van der Waals surface area (Å²) in [6, 6.07) is 6.76. The fourth-order valence-corrected chi connectivity index (χ4v) is 1.52. The molecule has 0 saturated heterocycles. The second-order valence-electron chi connectivity index (χ2n) is 3.75. The number of anilines is 1. The van der Waals surface area contributed by atoms with Gasteiger partial charge in [0.05, 0.1) is 11.3 Å². The van der Waals surface area contributed by atoms with Crippen molar-refractivity contribution in [2.24, 2.45) is 0 Å². The largest absolute Gasteiger partial charge is 0.411 e. The van der Waals surface area contributed by atoms with E-state index >= 15 is 0 Å². The van der Waals surface area contributed by atoms with Gasteiger partial charge in [-0.25, -0.2) is 0 Å². The van der Waals surface area contributed by atoms with Gasteiger partial charge in [-0.05, 0) is 24.6 Å². The van der Waals surface area contributed by atoms with Crippen molar-refractivity contribution in [2.45, 2.75) is 12.6 Å². The molecule has 0 aliphatic rings. The molecule has 0 aromatic heterocycles. The summed E-state index contributed by atoms with van der Waals surface area (Å²) in [6.07, 6.45) is -3.90. The van der Waals surface area contributed by atoms with Crippen LogP contribution in [0.4, 0.5) is 18.9 Å². The maximum Gasteiger partial charge on any atom is 0.411 e. The zero-order chi connectivity index (χ0) is 14.3. The molecule has 0 radical (unpaired) electrons. The zero-order valence-corrected chi connectivity index (χ0v) is 10.7. The number of rotatable bonds is 6. The second kappa shape index (κ2) is 7.22. The van der Waals surface area contributed by atoms with Gasteiger partial charge in [0.1, 0.15) is 12.7 Å². The van der Waals surface area contributed by atoms with Gasteiger partial charge in [0, 0.05) is 18.2 Å². The quantitative estimate of drug-likeness (QED) is 0.815. The van der Waals surface area contributed by atoms with Crippen LogP contribution < -0.4 is 5.32 Å². The molecule has 104 valence electrons. The molecule has 1 N–H and O–H groups in total. The maximum atomic E-state index is 11.8. The molecule has 0 saturated carbocycles. The van der Waals surface area contributed by atoms with Gasteiger partial charge >= 0.3 is 6.18 Å². The summed E-state index contributed by atoms with van der Waals surface area (Å²) in [6.45, 7) is -0.852. The summed E-state index contributed by atoms with van der Waals surface area (Å²) in [4.78, 5) is 0. The highest BCUT2D eigenvalue weighted by Crippen LogP contribution is 2.20. The van der Waals surface area contributed by atoms with Crippen LogP contribution in [0.3, 0.4) is 0 Å². The predicted molar refractivity (Wildman–Crippen MR) is 66.1 cm³/mol. The van der Waals surface area contributed by atoms with Crippen LogP contribution in [0.1, 0.15) is 12.0 Å². The van der Waals surface area contributed by atoms with Crippen LogP contribution in [0.15, 0.2) is 18.2 Å². The lowest BCUT2D eigenvalue weighted by Gasteiger charge is -2.10. The molecule has 0 aliphatic heterocycles. The van der Waals surface area contributed by atoms with Crippen LogP contribution in [-0.4, -0.2) is 25.9 Å². The van der Waals surface area contributed by atoms with E-state index < -0.39 is 12.8 Å². The summed E-state index contributed by atoms with van der Waals surface area (Å²) >= 11 is 5.79. The maximum absolute atomic E-state index is 11.8. The third-order valence-electron chi connectivity index (χ3n) is 2.15. The standard InChI is InChI=1S/C12H12ClF3N2O/c13-10-3-2-9(7-17)11(6-10)18-4-1-5-19-8-12(14,15)16/h2-3,6,18H,1,4-5,8H2. The second-order valence-corrected chi connectivity index (χ2v) is 4.19. The molecule has 7 heteroatoms. The smallest absolute Gasteiger partial charge is 0.384 e. The number of nitrogens with one attached hydrogen (secondary N) is 1. The van der Waals surface area contributed by atoms with Gasteiger partial charge in [-0.1, -0.05) is 11.6 Å². The first-order valence-corrected chi connectivity index (χ1v) is 5.88. The molecule has 1 aromatic carbocycles. The van der Waals surface area contributed by atoms with Crippen molar-refractivity contribution < 1.29 is 17.9 Å². The number of hydrogen-bond donors (Lipinski definition) is 1. The Morgan fingerprint density at radius 1 is 1.37 bits per heavy atom. The van der Waals surface area contributed by atoms with E-state index in [0.29, 0.717) is 29.2 Å². The SMILES string of the molecule is N#Cc1ccc(Cl)cc1NCCCOCC(F)(F)F. The molecule has 0 aliphatic carbocycles. The van der Waals surface area contributed by atoms with E-state index in [2.05, 4.69) is 10.1 Å². The minimum Gasteiger partial charge on any atom is -0.384 e. The van der Waals surface area contributed by atoms with Gasteiger partial charge in [-0.15, -0.1) is 0 Å². The van der Waals surface area contributed by atoms with Crippen molar-refractivity contribution in [2.75, 3.05) is 25.1 Å². The highest BCUT2D eigenvalue weighted by atomic mass is 35.5. The van der Waals surface area contributed by atoms with E-state index in [9.17, 15) is 13.2 Å². The lowest BCUT2D eigenvalue weighted by atomic mass is 10.2. The first-order chi connectivity index (χ1) is 8.92. The van der Waals surface area contributed by atoms with Crippen LogP contribution in [0.5, 0.6) is 0 Å². The van der Waals surface area contributed by atoms with Gasteiger partial charge < -0.3 is 10.1 Å². The Balaban J connectivity index is 2.30. The van der Waals surface area contributed by atoms with Crippen molar-refractivity contribution >= 4 is 17.3 Å². The molecular weight excluding hydrogens is 281 g/mol. The van der Waals surface area contributed by atoms with Crippen LogP contribution in [0.2, 0.25) is 5.02 Å². The molecule has 19 heavy (non-hydrogen) atoms. The Hall–Kier alpha value is -1.45. The fourth-order valence-electron chi connectivity index (χ4n) is 1.35. The monoisotopic (exact) mass is 292 g/mol. The van der Waals surface area contributed by atoms with Crippen LogP contribution in [-0.2, 0) is 4.74 Å². The Morgan fingerprint density at radius 2 is 2.11 bits per heavy atom. The van der Waals surface area contributed by atoms with E-state index in [0.717, 1.165) is 0 Å². The lowest BCUT2D eigenvalue weighted by Crippen LogP contribution is -2.18. The van der Waals surface area contributed by atoms with Gasteiger partial charge in [-0.2, -0.15) is 18.4 Å². The van der Waals surface area contributed by atoms with E-state index in [1.807, 2.05) is 6.07 Å². The van der Waals surface area contributed by atoms with Crippen LogP contribution >= 0.6 is 11.6 Å². The molecule has 0 spiro atoms. The number of halogens is 4. The molecule has 0 bridgehead atoms. The van der Waals surface area contributed by atoms with Crippen molar-refractivity contribution in [3.63, 3.8) is 0 Å². The molecule has 1 rings (SSSR count). The Kier molecular flexibility index (Phi) is 5.93. The van der Waals surface area contributed by atoms with Crippen LogP contribution in [0, 0.1) is 11.3 Å². The predicted octanol–water partition coefficient (Wildman–Crippen LogP) is 3.59. The van der Waals surface area contributed by atoms with E-state index in [1.165, 1.54) is 0 Å². The highest BCUT2D eigenvalue weighted by Gasteiger charge is 2.27. The molecule has 0 fully saturated rings. The summed E-state index contributed by atoms with van der Waals surface area (Å²) in [5.41, 5.74) is 0.992. The molecule has 0 amide bonds. The molecule has 0 unspecified atom stereocenters. The summed E-state index contributed by atoms with van der Waals surface area (Å²) in [5.74, 6) is 0. The van der Waals surface area contributed by atoms with E-state index in [1.54, 1.807) is 18.2 Å². The van der Waals surface area contributed by atoms with Crippen molar-refractivity contribution in [1.29, 1.82) is 5.26 Å². The first-order valence-electron chi connectivity index (χ1n) is 5.50. The summed E-state index contributed by atoms with van der Waals surface area (Å²) in [5, 5.41) is 12.3. The topological polar surface area (TPSA) is 45.0 Å². The molecule has 1 aromatic rings. The number of nitriles is 1. The van der Waals surface area contributed by atoms with Crippen molar-refractivity contribution in [1.82, 2.24) is 0 Å². The minimum atomic E-state index is -4.30. The van der Waals surface area contributed by atoms with E-state index in [-0.39, 0.29) is 6.61 Å². The normalized spacial score (nSPS) is 11.1. The molecular formula is C12H12ClF3N2O. The average Bonchev–Trinajstić information content (AvgIpc) is 2.32. The summed E-state index contributed by atoms with van der Waals surface area (Å²) < 4.78 is 39.8. The number of benzene rings is 1. The Labute approximate surface area is 113 Å². The molecule has 0 heterocycles. The fraction of sp³-hybridized carbons (Fsp3) is 0.417. The number of nitrogens with zero attached hydrogens (tertiary/aromatic N) is 1. The minimum absolute atomic E-state index is 0.00500. The molecule has 0 atom stereocenters. The van der Waals surface area contributed by atoms with E-state index in [4.69, 9.17) is 16.9 Å². The molecule has 3 nitrogen and oxygen atoms in total. The highest BCUT2D eigenvalue weighted by molar-refractivity contribution is 6.30. The number of ether oxygens (including phenoxy) is 1. The summed E-state index contributed by atoms with van der Waals surface area (Å²) in [7, 11) is 0. The van der Waals surface area contributed by atoms with Gasteiger partial charge in [0.25, 0.3) is 0 Å². The van der Waals surface area contributed by atoms with Crippen molar-refractivity contribution in [3.8, 4) is 6.07 Å². The van der Waals surface area contributed by atoms with Gasteiger partial charge in [0.2, 0.25) is 0 Å².